The van der Waals surface area contributed by atoms with Crippen LogP contribution in [0, 0.1) is 0 Å². The first kappa shape index (κ1) is 13.9. The lowest BCUT2D eigenvalue weighted by Crippen LogP contribution is -2.54. The van der Waals surface area contributed by atoms with Crippen molar-refractivity contribution in [2.24, 2.45) is 0 Å². The number of hydrogen-bond donors (Lipinski definition) is 0. The molecule has 2 nitrogen and oxygen atoms in total. The van der Waals surface area contributed by atoms with Crippen molar-refractivity contribution in [2.75, 3.05) is 31.1 Å². The molecule has 2 aliphatic rings. The Kier molecular flexibility index (Phi) is 3.76. The highest BCUT2D eigenvalue weighted by atomic mass is 15.3. The second-order valence-electron chi connectivity index (χ2n) is 7.43. The second-order valence-corrected chi connectivity index (χ2v) is 7.43. The summed E-state index contributed by atoms with van der Waals surface area (Å²) in [7, 11) is 0. The van der Waals surface area contributed by atoms with E-state index in [0.29, 0.717) is 0 Å². The number of anilines is 1. The molecule has 2 aliphatic heterocycles. The van der Waals surface area contributed by atoms with Crippen molar-refractivity contribution >= 4 is 5.69 Å². The van der Waals surface area contributed by atoms with Crippen molar-refractivity contribution in [2.45, 2.75) is 51.5 Å². The Bertz CT molecular complexity index is 443. The van der Waals surface area contributed by atoms with Gasteiger partial charge in [0.05, 0.1) is 0 Å². The third kappa shape index (κ3) is 2.85. The molecule has 0 aromatic heterocycles. The Balaban J connectivity index is 1.70. The number of piperazine rings is 1. The largest absolute Gasteiger partial charge is 0.369 e. The van der Waals surface area contributed by atoms with Crippen LogP contribution >= 0.6 is 0 Å². The summed E-state index contributed by atoms with van der Waals surface area (Å²) in [5, 5.41) is 0. The average Bonchev–Trinajstić information content (AvgIpc) is 2.46. The van der Waals surface area contributed by atoms with Gasteiger partial charge in [0.1, 0.15) is 0 Å². The minimum absolute atomic E-state index is 0.251. The predicted molar refractivity (Wildman–Crippen MR) is 86.6 cm³/mol. The van der Waals surface area contributed by atoms with Gasteiger partial charge < -0.3 is 4.90 Å². The summed E-state index contributed by atoms with van der Waals surface area (Å²) in [6.07, 6.45) is 4.20. The lowest BCUT2D eigenvalue weighted by molar-refractivity contribution is 0.133. The molecular weight excluding hydrogens is 244 g/mol. The van der Waals surface area contributed by atoms with Gasteiger partial charge in [0.2, 0.25) is 0 Å². The van der Waals surface area contributed by atoms with E-state index in [1.54, 1.807) is 0 Å². The van der Waals surface area contributed by atoms with Crippen LogP contribution in [-0.4, -0.2) is 37.1 Å². The fourth-order valence-electron chi connectivity index (χ4n) is 3.56. The van der Waals surface area contributed by atoms with Gasteiger partial charge in [0.15, 0.2) is 0 Å². The van der Waals surface area contributed by atoms with Crippen LogP contribution in [0.4, 0.5) is 5.69 Å². The van der Waals surface area contributed by atoms with E-state index in [9.17, 15) is 0 Å². The van der Waals surface area contributed by atoms with E-state index in [-0.39, 0.29) is 5.41 Å². The topological polar surface area (TPSA) is 6.48 Å². The molecule has 3 rings (SSSR count). The Morgan fingerprint density at radius 1 is 0.950 bits per heavy atom. The van der Waals surface area contributed by atoms with Crippen LogP contribution in [0.15, 0.2) is 24.3 Å². The molecule has 0 amide bonds. The van der Waals surface area contributed by atoms with E-state index in [1.165, 1.54) is 56.7 Å². The van der Waals surface area contributed by atoms with Crippen molar-refractivity contribution in [3.8, 4) is 0 Å². The molecule has 1 unspecified atom stereocenters. The third-order valence-electron chi connectivity index (χ3n) is 4.94. The molecule has 0 spiro atoms. The van der Waals surface area contributed by atoms with Crippen LogP contribution in [0.5, 0.6) is 0 Å². The zero-order chi connectivity index (χ0) is 14.2. The summed E-state index contributed by atoms with van der Waals surface area (Å²) in [6, 6.07) is 10.0. The summed E-state index contributed by atoms with van der Waals surface area (Å²) in [5.41, 5.74) is 3.08. The van der Waals surface area contributed by atoms with Crippen molar-refractivity contribution in [1.82, 2.24) is 4.90 Å². The molecule has 0 bridgehead atoms. The van der Waals surface area contributed by atoms with Gasteiger partial charge in [0.25, 0.3) is 0 Å². The normalized spacial score (nSPS) is 24.6. The monoisotopic (exact) mass is 272 g/mol. The zero-order valence-electron chi connectivity index (χ0n) is 13.2. The molecule has 20 heavy (non-hydrogen) atoms. The summed E-state index contributed by atoms with van der Waals surface area (Å²) < 4.78 is 0. The third-order valence-corrected chi connectivity index (χ3v) is 4.94. The van der Waals surface area contributed by atoms with Crippen LogP contribution < -0.4 is 4.90 Å². The average molecular weight is 272 g/mol. The Hall–Kier alpha value is -1.02. The molecule has 110 valence electrons. The number of fused-ring (bicyclic) bond motifs is 1. The van der Waals surface area contributed by atoms with Crippen LogP contribution in [0.1, 0.15) is 45.6 Å². The number of rotatable bonds is 1. The van der Waals surface area contributed by atoms with Crippen molar-refractivity contribution in [1.29, 1.82) is 0 Å². The first-order valence-corrected chi connectivity index (χ1v) is 8.13. The number of piperidine rings is 1. The molecular formula is C18H28N2. The molecule has 2 heteroatoms. The van der Waals surface area contributed by atoms with Crippen LogP contribution in [0.3, 0.4) is 0 Å². The highest BCUT2D eigenvalue weighted by molar-refractivity contribution is 5.49. The molecule has 0 N–H and O–H groups in total. The quantitative estimate of drug-likeness (QED) is 0.770. The fraction of sp³-hybridized carbons (Fsp3) is 0.667. The maximum absolute atomic E-state index is 2.70. The van der Waals surface area contributed by atoms with Gasteiger partial charge in [-0.25, -0.2) is 0 Å². The lowest BCUT2D eigenvalue weighted by atomic mass is 9.87. The summed E-state index contributed by atoms with van der Waals surface area (Å²) in [4.78, 5) is 5.28. The molecule has 2 fully saturated rings. The molecule has 0 radical (unpaired) electrons. The van der Waals surface area contributed by atoms with Crippen molar-refractivity contribution < 1.29 is 0 Å². The lowest BCUT2D eigenvalue weighted by Gasteiger charge is -2.45. The molecule has 1 atom stereocenters. The molecule has 0 saturated carbocycles. The number of hydrogen-bond acceptors (Lipinski definition) is 2. The molecule has 1 aromatic carbocycles. The second kappa shape index (κ2) is 5.40. The van der Waals surface area contributed by atoms with Gasteiger partial charge in [-0.3, -0.25) is 4.90 Å². The van der Waals surface area contributed by atoms with Gasteiger partial charge in [-0.1, -0.05) is 39.3 Å². The van der Waals surface area contributed by atoms with Gasteiger partial charge in [-0.05, 0) is 42.5 Å². The van der Waals surface area contributed by atoms with Crippen LogP contribution in [0.2, 0.25) is 0 Å². The SMILES string of the molecule is CC(C)(C)c1ccc(N2CCN3CCCCC3C2)cc1. The Labute approximate surface area is 123 Å². The Morgan fingerprint density at radius 2 is 1.70 bits per heavy atom. The summed E-state index contributed by atoms with van der Waals surface area (Å²) >= 11 is 0. The maximum atomic E-state index is 2.70. The Morgan fingerprint density at radius 3 is 2.40 bits per heavy atom. The number of nitrogens with zero attached hydrogens (tertiary/aromatic N) is 2. The van der Waals surface area contributed by atoms with E-state index < -0.39 is 0 Å². The van der Waals surface area contributed by atoms with E-state index >= 15 is 0 Å². The maximum Gasteiger partial charge on any atom is 0.0367 e. The van der Waals surface area contributed by atoms with Crippen molar-refractivity contribution in [3.05, 3.63) is 29.8 Å². The first-order chi connectivity index (χ1) is 9.54. The minimum Gasteiger partial charge on any atom is -0.369 e. The van der Waals surface area contributed by atoms with Gasteiger partial charge in [0, 0.05) is 31.4 Å². The molecule has 2 saturated heterocycles. The fourth-order valence-corrected chi connectivity index (χ4v) is 3.56. The standard InChI is InChI=1S/C18H28N2/c1-18(2,3)15-7-9-16(10-8-15)20-13-12-19-11-5-4-6-17(19)14-20/h7-10,17H,4-6,11-14H2,1-3H3. The predicted octanol–water partition coefficient (Wildman–Crippen LogP) is 3.66. The van der Waals surface area contributed by atoms with Gasteiger partial charge in [-0.15, -0.1) is 0 Å². The van der Waals surface area contributed by atoms with Gasteiger partial charge in [-0.2, -0.15) is 0 Å². The summed E-state index contributed by atoms with van der Waals surface area (Å²) in [5.74, 6) is 0. The smallest absolute Gasteiger partial charge is 0.0367 e. The van der Waals surface area contributed by atoms with Crippen LogP contribution in [-0.2, 0) is 5.41 Å². The van der Waals surface area contributed by atoms with E-state index in [2.05, 4.69) is 54.8 Å². The zero-order valence-corrected chi connectivity index (χ0v) is 13.2. The van der Waals surface area contributed by atoms with E-state index in [4.69, 9.17) is 0 Å². The molecule has 0 aliphatic carbocycles. The van der Waals surface area contributed by atoms with E-state index in [0.717, 1.165) is 6.04 Å². The van der Waals surface area contributed by atoms with Crippen LogP contribution in [0.25, 0.3) is 0 Å². The van der Waals surface area contributed by atoms with Crippen molar-refractivity contribution in [3.63, 3.8) is 0 Å². The highest BCUT2D eigenvalue weighted by Crippen LogP contribution is 2.28. The summed E-state index contributed by atoms with van der Waals surface area (Å²) in [6.45, 7) is 11.8. The highest BCUT2D eigenvalue weighted by Gasteiger charge is 2.28. The van der Waals surface area contributed by atoms with Gasteiger partial charge >= 0.3 is 0 Å². The molecule has 1 aromatic rings. The minimum atomic E-state index is 0.251. The molecule has 2 heterocycles. The first-order valence-electron chi connectivity index (χ1n) is 8.13. The number of benzene rings is 1. The van der Waals surface area contributed by atoms with E-state index in [1.807, 2.05) is 0 Å².